The summed E-state index contributed by atoms with van der Waals surface area (Å²) in [6.07, 6.45) is 0. The molecule has 0 radical (unpaired) electrons. The molecule has 0 atom stereocenters. The van der Waals surface area contributed by atoms with Crippen molar-refractivity contribution in [3.05, 3.63) is 0 Å². The molecule has 11 heavy (non-hydrogen) atoms. The Morgan fingerprint density at radius 2 is 1.82 bits per heavy atom. The quantitative estimate of drug-likeness (QED) is 0.281. The Balaban J connectivity index is 3.02. The van der Waals surface area contributed by atoms with E-state index in [1.54, 1.807) is 0 Å². The van der Waals surface area contributed by atoms with Crippen LogP contribution in [-0.2, 0) is 9.47 Å². The molecular formula is C7H17ClO2Si. The van der Waals surface area contributed by atoms with Crippen molar-refractivity contribution in [3.63, 3.8) is 0 Å². The Kier molecular flexibility index (Phi) is 6.23. The molecule has 0 spiro atoms. The molecule has 0 aromatic carbocycles. The predicted octanol–water partition coefficient (Wildman–Crippen LogP) is 2.51. The second kappa shape index (κ2) is 6.00. The van der Waals surface area contributed by atoms with Gasteiger partial charge in [0.15, 0.2) is 0 Å². The van der Waals surface area contributed by atoms with Crippen LogP contribution in [-0.4, -0.2) is 27.5 Å². The Bertz CT molecular complexity index is 92.9. The highest BCUT2D eigenvalue weighted by Gasteiger charge is 2.11. The first-order chi connectivity index (χ1) is 5.06. The molecule has 0 saturated carbocycles. The minimum absolute atomic E-state index is 0.215. The van der Waals surface area contributed by atoms with Crippen LogP contribution in [0.3, 0.4) is 0 Å². The summed E-state index contributed by atoms with van der Waals surface area (Å²) < 4.78 is 9.98. The van der Waals surface area contributed by atoms with E-state index in [1.165, 1.54) is 6.04 Å². The van der Waals surface area contributed by atoms with E-state index >= 15 is 0 Å². The maximum atomic E-state index is 5.28. The average molecular weight is 197 g/mol. The highest BCUT2D eigenvalue weighted by Crippen LogP contribution is 2.07. The van der Waals surface area contributed by atoms with Crippen molar-refractivity contribution in [3.8, 4) is 0 Å². The van der Waals surface area contributed by atoms with Gasteiger partial charge in [-0.15, -0.1) is 0 Å². The molecule has 0 aromatic rings. The zero-order valence-electron chi connectivity index (χ0n) is 7.52. The molecule has 0 aromatic heterocycles. The summed E-state index contributed by atoms with van der Waals surface area (Å²) in [5.74, 6) is 0. The number of hydrogen-bond acceptors (Lipinski definition) is 2. The van der Waals surface area contributed by atoms with E-state index in [0.29, 0.717) is 6.79 Å². The molecule has 0 unspecified atom stereocenters. The Morgan fingerprint density at radius 1 is 1.18 bits per heavy atom. The zero-order valence-corrected chi connectivity index (χ0v) is 9.28. The summed E-state index contributed by atoms with van der Waals surface area (Å²) in [4.78, 5) is 0. The van der Waals surface area contributed by atoms with Crippen LogP contribution in [0.4, 0.5) is 0 Å². The summed E-state index contributed by atoms with van der Waals surface area (Å²) in [5, 5.41) is 0. The second-order valence-electron chi connectivity index (χ2n) is 3.65. The SMILES string of the molecule is C[Si](C)(C)CCOCOCCl. The van der Waals surface area contributed by atoms with Gasteiger partial charge in [-0.2, -0.15) is 0 Å². The maximum absolute atomic E-state index is 5.28. The van der Waals surface area contributed by atoms with Crippen LogP contribution in [0.15, 0.2) is 0 Å². The lowest BCUT2D eigenvalue weighted by Crippen LogP contribution is -2.21. The van der Waals surface area contributed by atoms with Crippen molar-refractivity contribution in [2.45, 2.75) is 25.7 Å². The van der Waals surface area contributed by atoms with Gasteiger partial charge in [0.2, 0.25) is 0 Å². The van der Waals surface area contributed by atoms with Crippen LogP contribution in [0.1, 0.15) is 0 Å². The number of rotatable bonds is 6. The van der Waals surface area contributed by atoms with Gasteiger partial charge < -0.3 is 9.47 Å². The normalized spacial score (nSPS) is 12.0. The standard InChI is InChI=1S/C7H17ClO2Si/c1-11(2,3)5-4-9-7-10-6-8/h4-7H2,1-3H3. The first-order valence-electron chi connectivity index (χ1n) is 3.78. The summed E-state index contributed by atoms with van der Waals surface area (Å²) in [7, 11) is -0.931. The number of hydrogen-bond donors (Lipinski definition) is 0. The molecule has 0 heterocycles. The molecule has 4 heteroatoms. The van der Waals surface area contributed by atoms with E-state index in [1.807, 2.05) is 0 Å². The third-order valence-electron chi connectivity index (χ3n) is 1.24. The number of halogens is 1. The molecule has 68 valence electrons. The second-order valence-corrected chi connectivity index (χ2v) is 9.49. The largest absolute Gasteiger partial charge is 0.356 e. The summed E-state index contributed by atoms with van der Waals surface area (Å²) >= 11 is 5.28. The van der Waals surface area contributed by atoms with Gasteiger partial charge in [0.05, 0.1) is 0 Å². The van der Waals surface area contributed by atoms with Gasteiger partial charge in [-0.05, 0) is 6.04 Å². The molecule has 0 fully saturated rings. The van der Waals surface area contributed by atoms with E-state index in [2.05, 4.69) is 19.6 Å². The minimum atomic E-state index is -0.931. The van der Waals surface area contributed by atoms with Gasteiger partial charge >= 0.3 is 0 Å². The highest BCUT2D eigenvalue weighted by atomic mass is 35.5. The summed E-state index contributed by atoms with van der Waals surface area (Å²) in [5.41, 5.74) is 0. The van der Waals surface area contributed by atoms with Crippen LogP contribution in [0.2, 0.25) is 25.7 Å². The third kappa shape index (κ3) is 10.4. The van der Waals surface area contributed by atoms with Gasteiger partial charge in [0.25, 0.3) is 0 Å². The predicted molar refractivity (Wildman–Crippen MR) is 50.8 cm³/mol. The van der Waals surface area contributed by atoms with Crippen molar-refractivity contribution < 1.29 is 9.47 Å². The molecule has 0 N–H and O–H groups in total. The topological polar surface area (TPSA) is 18.5 Å². The van der Waals surface area contributed by atoms with E-state index in [0.717, 1.165) is 6.61 Å². The number of ether oxygens (including phenoxy) is 2. The molecule has 0 rings (SSSR count). The fraction of sp³-hybridized carbons (Fsp3) is 1.00. The fourth-order valence-corrected chi connectivity index (χ4v) is 1.35. The first-order valence-corrected chi connectivity index (χ1v) is 8.02. The average Bonchev–Trinajstić information content (AvgIpc) is 1.85. The molecule has 0 saturated heterocycles. The number of alkyl halides is 1. The van der Waals surface area contributed by atoms with Gasteiger partial charge in [-0.1, -0.05) is 31.2 Å². The molecule has 0 aliphatic heterocycles. The highest BCUT2D eigenvalue weighted by molar-refractivity contribution is 6.76. The van der Waals surface area contributed by atoms with Gasteiger partial charge in [-0.3, -0.25) is 0 Å². The van der Waals surface area contributed by atoms with Gasteiger partial charge in [-0.25, -0.2) is 0 Å². The van der Waals surface area contributed by atoms with E-state index in [9.17, 15) is 0 Å². The smallest absolute Gasteiger partial charge is 0.148 e. The lowest BCUT2D eigenvalue weighted by atomic mass is 10.9. The van der Waals surface area contributed by atoms with Crippen molar-refractivity contribution in [2.24, 2.45) is 0 Å². The summed E-state index contributed by atoms with van der Waals surface area (Å²) in [6, 6.07) is 1.39. The van der Waals surface area contributed by atoms with Gasteiger partial charge in [0, 0.05) is 14.7 Å². The van der Waals surface area contributed by atoms with Crippen LogP contribution >= 0.6 is 11.6 Å². The van der Waals surface area contributed by atoms with Gasteiger partial charge in [0.1, 0.15) is 12.9 Å². The minimum Gasteiger partial charge on any atom is -0.356 e. The molecular weight excluding hydrogens is 180 g/mol. The monoisotopic (exact) mass is 196 g/mol. The Hall–Kier alpha value is 0.427. The van der Waals surface area contributed by atoms with Crippen LogP contribution in [0.5, 0.6) is 0 Å². The first kappa shape index (κ1) is 11.4. The molecule has 0 amide bonds. The molecule has 0 aliphatic rings. The fourth-order valence-electron chi connectivity index (χ4n) is 0.528. The lowest BCUT2D eigenvalue weighted by Gasteiger charge is -2.14. The Morgan fingerprint density at radius 3 is 2.27 bits per heavy atom. The summed E-state index contributed by atoms with van der Waals surface area (Å²) in [6.45, 7) is 8.08. The maximum Gasteiger partial charge on any atom is 0.148 e. The molecule has 0 aliphatic carbocycles. The third-order valence-corrected chi connectivity index (χ3v) is 3.10. The van der Waals surface area contributed by atoms with E-state index in [4.69, 9.17) is 21.1 Å². The van der Waals surface area contributed by atoms with Crippen molar-refractivity contribution in [2.75, 3.05) is 19.5 Å². The van der Waals surface area contributed by atoms with Crippen LogP contribution in [0.25, 0.3) is 0 Å². The Labute approximate surface area is 74.8 Å². The lowest BCUT2D eigenvalue weighted by molar-refractivity contribution is -0.0328. The molecule has 0 bridgehead atoms. The van der Waals surface area contributed by atoms with Crippen LogP contribution < -0.4 is 0 Å². The van der Waals surface area contributed by atoms with E-state index in [-0.39, 0.29) is 6.07 Å². The van der Waals surface area contributed by atoms with Crippen molar-refractivity contribution in [1.29, 1.82) is 0 Å². The van der Waals surface area contributed by atoms with E-state index < -0.39 is 8.07 Å². The van der Waals surface area contributed by atoms with Crippen molar-refractivity contribution >= 4 is 19.7 Å². The molecule has 2 nitrogen and oxygen atoms in total. The van der Waals surface area contributed by atoms with Crippen LogP contribution in [0, 0.1) is 0 Å². The zero-order chi connectivity index (χ0) is 8.74. The van der Waals surface area contributed by atoms with Crippen molar-refractivity contribution in [1.82, 2.24) is 0 Å².